The van der Waals surface area contributed by atoms with Crippen LogP contribution in [0.1, 0.15) is 16.1 Å². The number of benzene rings is 1. The van der Waals surface area contributed by atoms with E-state index in [1.54, 1.807) is 12.1 Å². The number of hydrogen-bond donors (Lipinski definition) is 0. The Hall–Kier alpha value is -3.42. The molecule has 0 unspecified atom stereocenters. The van der Waals surface area contributed by atoms with Gasteiger partial charge in [-0.15, -0.1) is 5.10 Å². The molecule has 8 heteroatoms. The standard InChI is InChI=1S/C17H15N3O5/c1-23-15(21)11-25-17(22)16-14(8-7-13-9-18-19-20(13)16)24-10-12-5-3-2-4-6-12/h2-9H,10-11H2,1H3. The normalized spacial score (nSPS) is 10.4. The molecule has 0 atom stereocenters. The van der Waals surface area contributed by atoms with E-state index >= 15 is 0 Å². The fourth-order valence-electron chi connectivity index (χ4n) is 2.17. The van der Waals surface area contributed by atoms with Crippen molar-refractivity contribution in [1.82, 2.24) is 14.8 Å². The fraction of sp³-hybridized carbons (Fsp3) is 0.176. The van der Waals surface area contributed by atoms with Crippen molar-refractivity contribution in [2.75, 3.05) is 13.7 Å². The highest BCUT2D eigenvalue weighted by Gasteiger charge is 2.21. The summed E-state index contributed by atoms with van der Waals surface area (Å²) in [4.78, 5) is 23.6. The molecule has 3 aromatic rings. The first-order valence-electron chi connectivity index (χ1n) is 7.43. The fourth-order valence-corrected chi connectivity index (χ4v) is 2.17. The minimum atomic E-state index is -0.760. The molecule has 2 heterocycles. The molecule has 25 heavy (non-hydrogen) atoms. The van der Waals surface area contributed by atoms with Crippen LogP contribution in [0, 0.1) is 0 Å². The molecule has 0 saturated heterocycles. The maximum absolute atomic E-state index is 12.4. The summed E-state index contributed by atoms with van der Waals surface area (Å²) in [6.45, 7) is -0.239. The summed E-state index contributed by atoms with van der Waals surface area (Å²) in [5, 5.41) is 7.65. The van der Waals surface area contributed by atoms with Gasteiger partial charge in [0.1, 0.15) is 6.61 Å². The molecule has 0 bridgehead atoms. The van der Waals surface area contributed by atoms with Crippen molar-refractivity contribution < 1.29 is 23.8 Å². The Balaban J connectivity index is 1.86. The molecular weight excluding hydrogens is 326 g/mol. The number of methoxy groups -OCH3 is 1. The summed E-state index contributed by atoms with van der Waals surface area (Å²) in [7, 11) is 1.21. The van der Waals surface area contributed by atoms with Gasteiger partial charge in [0.05, 0.1) is 18.8 Å². The lowest BCUT2D eigenvalue weighted by atomic mass is 10.2. The van der Waals surface area contributed by atoms with Crippen molar-refractivity contribution in [2.24, 2.45) is 0 Å². The van der Waals surface area contributed by atoms with Crippen molar-refractivity contribution in [3.05, 3.63) is 59.9 Å². The highest BCUT2D eigenvalue weighted by Crippen LogP contribution is 2.22. The molecular formula is C17H15N3O5. The lowest BCUT2D eigenvalue weighted by Gasteiger charge is -2.12. The summed E-state index contributed by atoms with van der Waals surface area (Å²) in [6.07, 6.45) is 1.50. The van der Waals surface area contributed by atoms with Gasteiger partial charge in [-0.25, -0.2) is 14.1 Å². The van der Waals surface area contributed by atoms with E-state index in [4.69, 9.17) is 9.47 Å². The molecule has 8 nitrogen and oxygen atoms in total. The lowest BCUT2D eigenvalue weighted by molar-refractivity contribution is -0.144. The second-order valence-corrected chi connectivity index (χ2v) is 5.04. The van der Waals surface area contributed by atoms with E-state index in [0.29, 0.717) is 5.52 Å². The first-order valence-corrected chi connectivity index (χ1v) is 7.43. The zero-order valence-corrected chi connectivity index (χ0v) is 13.4. The van der Waals surface area contributed by atoms with Crippen LogP contribution in [0.4, 0.5) is 0 Å². The van der Waals surface area contributed by atoms with Gasteiger partial charge in [0.25, 0.3) is 0 Å². The van der Waals surface area contributed by atoms with Gasteiger partial charge in [0, 0.05) is 0 Å². The zero-order valence-electron chi connectivity index (χ0n) is 13.4. The monoisotopic (exact) mass is 341 g/mol. The Kier molecular flexibility index (Phi) is 4.89. The quantitative estimate of drug-likeness (QED) is 0.629. The third kappa shape index (κ3) is 3.74. The van der Waals surface area contributed by atoms with Crippen LogP contribution in [0.2, 0.25) is 0 Å². The summed E-state index contributed by atoms with van der Waals surface area (Å²) in [5.41, 5.74) is 1.59. The molecule has 0 fully saturated rings. The molecule has 0 saturated carbocycles. The van der Waals surface area contributed by atoms with Crippen LogP contribution in [0.3, 0.4) is 0 Å². The third-order valence-corrected chi connectivity index (χ3v) is 3.41. The predicted octanol–water partition coefficient (Wildman–Crippen LogP) is 1.64. The van der Waals surface area contributed by atoms with Gasteiger partial charge in [0.15, 0.2) is 18.1 Å². The van der Waals surface area contributed by atoms with E-state index in [0.717, 1.165) is 5.56 Å². The number of nitrogens with zero attached hydrogens (tertiary/aromatic N) is 3. The number of pyridine rings is 1. The highest BCUT2D eigenvalue weighted by atomic mass is 16.6. The van der Waals surface area contributed by atoms with E-state index in [1.165, 1.54) is 17.8 Å². The number of aromatic nitrogens is 3. The molecule has 0 aliphatic carbocycles. The molecule has 0 aliphatic heterocycles. The average Bonchev–Trinajstić information content (AvgIpc) is 3.13. The number of rotatable bonds is 6. The molecule has 0 radical (unpaired) electrons. The Bertz CT molecular complexity index is 892. The van der Waals surface area contributed by atoms with E-state index in [-0.39, 0.29) is 18.1 Å². The zero-order chi connectivity index (χ0) is 17.6. The molecule has 2 aromatic heterocycles. The Morgan fingerprint density at radius 1 is 1.12 bits per heavy atom. The summed E-state index contributed by atoms with van der Waals surface area (Å²) >= 11 is 0. The summed E-state index contributed by atoms with van der Waals surface area (Å²) in [6, 6.07) is 12.9. The molecule has 0 amide bonds. The Labute approximate surface area is 142 Å². The first kappa shape index (κ1) is 16.4. The SMILES string of the molecule is COC(=O)COC(=O)c1c(OCc2ccccc2)ccc2cnnn12. The first-order chi connectivity index (χ1) is 12.2. The number of ether oxygens (including phenoxy) is 3. The van der Waals surface area contributed by atoms with Crippen LogP contribution >= 0.6 is 0 Å². The number of carbonyl (C=O) groups is 2. The van der Waals surface area contributed by atoms with Gasteiger partial charge in [-0.1, -0.05) is 35.5 Å². The molecule has 128 valence electrons. The largest absolute Gasteiger partial charge is 0.486 e. The van der Waals surface area contributed by atoms with E-state index in [9.17, 15) is 9.59 Å². The van der Waals surface area contributed by atoms with Crippen molar-refractivity contribution in [2.45, 2.75) is 6.61 Å². The molecule has 0 N–H and O–H groups in total. The number of esters is 2. The topological polar surface area (TPSA) is 92.0 Å². The minimum Gasteiger partial charge on any atom is -0.486 e. The maximum Gasteiger partial charge on any atom is 0.361 e. The van der Waals surface area contributed by atoms with Gasteiger partial charge in [-0.05, 0) is 17.7 Å². The van der Waals surface area contributed by atoms with Crippen LogP contribution in [0.25, 0.3) is 5.52 Å². The third-order valence-electron chi connectivity index (χ3n) is 3.41. The maximum atomic E-state index is 12.4. The van der Waals surface area contributed by atoms with Gasteiger partial charge >= 0.3 is 11.9 Å². The van der Waals surface area contributed by atoms with Gasteiger partial charge in [0.2, 0.25) is 0 Å². The predicted molar refractivity (Wildman–Crippen MR) is 86.1 cm³/mol. The van der Waals surface area contributed by atoms with Gasteiger partial charge in [-0.3, -0.25) is 0 Å². The molecule has 1 aromatic carbocycles. The van der Waals surface area contributed by atoms with Crippen LogP contribution in [-0.4, -0.2) is 40.5 Å². The summed E-state index contributed by atoms with van der Waals surface area (Å²) < 4.78 is 16.5. The smallest absolute Gasteiger partial charge is 0.361 e. The van der Waals surface area contributed by atoms with Crippen LogP contribution in [0.15, 0.2) is 48.7 Å². The Morgan fingerprint density at radius 3 is 2.68 bits per heavy atom. The minimum absolute atomic E-state index is 0.0508. The lowest BCUT2D eigenvalue weighted by Crippen LogP contribution is -2.18. The highest BCUT2D eigenvalue weighted by molar-refractivity contribution is 5.92. The van der Waals surface area contributed by atoms with E-state index < -0.39 is 18.5 Å². The summed E-state index contributed by atoms with van der Waals surface area (Å²) in [5.74, 6) is -1.15. The van der Waals surface area contributed by atoms with Crippen molar-refractivity contribution in [3.8, 4) is 5.75 Å². The molecule has 0 spiro atoms. The van der Waals surface area contributed by atoms with Crippen molar-refractivity contribution >= 4 is 17.5 Å². The Morgan fingerprint density at radius 2 is 1.92 bits per heavy atom. The van der Waals surface area contributed by atoms with Crippen molar-refractivity contribution in [3.63, 3.8) is 0 Å². The van der Waals surface area contributed by atoms with Crippen LogP contribution < -0.4 is 4.74 Å². The molecule has 3 rings (SSSR count). The van der Waals surface area contributed by atoms with Crippen molar-refractivity contribution in [1.29, 1.82) is 0 Å². The molecule has 0 aliphatic rings. The van der Waals surface area contributed by atoms with E-state index in [2.05, 4.69) is 15.0 Å². The number of fused-ring (bicyclic) bond motifs is 1. The number of hydrogen-bond acceptors (Lipinski definition) is 7. The second-order valence-electron chi connectivity index (χ2n) is 5.04. The van der Waals surface area contributed by atoms with Gasteiger partial charge in [-0.2, -0.15) is 0 Å². The second kappa shape index (κ2) is 7.43. The van der Waals surface area contributed by atoms with Gasteiger partial charge < -0.3 is 14.2 Å². The average molecular weight is 341 g/mol. The van der Waals surface area contributed by atoms with Crippen LogP contribution in [0.5, 0.6) is 5.75 Å². The van der Waals surface area contributed by atoms with E-state index in [1.807, 2.05) is 30.3 Å². The van der Waals surface area contributed by atoms with Crippen LogP contribution in [-0.2, 0) is 20.9 Å². The number of carbonyl (C=O) groups excluding carboxylic acids is 2.